The summed E-state index contributed by atoms with van der Waals surface area (Å²) in [5, 5.41) is 9.53. The van der Waals surface area contributed by atoms with E-state index >= 15 is 0 Å². The van der Waals surface area contributed by atoms with Gasteiger partial charge in [0, 0.05) is 0 Å². The van der Waals surface area contributed by atoms with Gasteiger partial charge in [-0.3, -0.25) is 0 Å². The lowest BCUT2D eigenvalue weighted by Crippen LogP contribution is -2.56. The van der Waals surface area contributed by atoms with Gasteiger partial charge in [-0.15, -0.1) is 0 Å². The second kappa shape index (κ2) is 6.21. The van der Waals surface area contributed by atoms with Crippen molar-refractivity contribution in [2.24, 2.45) is 0 Å². The van der Waals surface area contributed by atoms with Crippen LogP contribution in [0.3, 0.4) is 0 Å². The Labute approximate surface area is 110 Å². The Hall–Kier alpha value is -1.06. The fraction of sp³-hybridized carbons (Fsp3) is 0.600. The molecule has 1 rings (SSSR count). The van der Waals surface area contributed by atoms with Crippen LogP contribution in [-0.2, 0) is 11.8 Å². The van der Waals surface area contributed by atoms with Crippen LogP contribution in [0.2, 0.25) is 0 Å². The molecule has 0 spiro atoms. The number of benzene rings is 1. The highest BCUT2D eigenvalue weighted by Crippen LogP contribution is 2.32. The van der Waals surface area contributed by atoms with E-state index in [1.165, 1.54) is 11.1 Å². The molecular formula is C15H26NO2+. The Morgan fingerprint density at radius 3 is 2.50 bits per heavy atom. The molecule has 0 aromatic heterocycles. The molecule has 0 aliphatic rings. The zero-order chi connectivity index (χ0) is 13.8. The first-order valence-corrected chi connectivity index (χ1v) is 6.62. The van der Waals surface area contributed by atoms with Gasteiger partial charge >= 0.3 is 0 Å². The van der Waals surface area contributed by atoms with Crippen molar-refractivity contribution in [3.63, 3.8) is 0 Å². The quantitative estimate of drug-likeness (QED) is 0.835. The van der Waals surface area contributed by atoms with Crippen LogP contribution < -0.4 is 10.5 Å². The van der Waals surface area contributed by atoms with Gasteiger partial charge in [-0.25, -0.2) is 0 Å². The molecule has 1 atom stereocenters. The van der Waals surface area contributed by atoms with Crippen molar-refractivity contribution >= 4 is 0 Å². The lowest BCUT2D eigenvalue weighted by molar-refractivity contribution is -0.384. The Morgan fingerprint density at radius 1 is 1.33 bits per heavy atom. The van der Waals surface area contributed by atoms with E-state index in [0.29, 0.717) is 13.2 Å². The minimum absolute atomic E-state index is 0.0376. The van der Waals surface area contributed by atoms with Crippen molar-refractivity contribution in [2.75, 3.05) is 13.2 Å². The lowest BCUT2D eigenvalue weighted by atomic mass is 9.85. The van der Waals surface area contributed by atoms with Crippen molar-refractivity contribution in [3.05, 3.63) is 29.3 Å². The molecule has 0 aliphatic carbocycles. The number of hydrogen-bond donors (Lipinski definition) is 2. The van der Waals surface area contributed by atoms with E-state index in [0.717, 1.165) is 12.2 Å². The molecule has 0 bridgehead atoms. The molecule has 0 aliphatic heterocycles. The molecule has 0 amide bonds. The standard InChI is InChI=1S/C15H25NO2/c1-5-11-6-7-14(18-10-12(17)9-16)13(8-11)15(2,3)4/h6-8,12,17H,5,9-10,16H2,1-4H3/p+1/t12-/m0/s1. The number of ether oxygens (including phenoxy) is 1. The topological polar surface area (TPSA) is 57.1 Å². The fourth-order valence-electron chi connectivity index (χ4n) is 1.78. The average molecular weight is 252 g/mol. The average Bonchev–Trinajstić information content (AvgIpc) is 2.34. The summed E-state index contributed by atoms with van der Waals surface area (Å²) in [6.07, 6.45) is 0.522. The third-order valence-corrected chi connectivity index (χ3v) is 3.02. The SMILES string of the molecule is CCc1ccc(OC[C@@H](O)C[NH3+])c(C(C)(C)C)c1. The molecule has 1 aromatic rings. The predicted octanol–water partition coefficient (Wildman–Crippen LogP) is 1.53. The van der Waals surface area contributed by atoms with E-state index in [-0.39, 0.29) is 5.41 Å². The summed E-state index contributed by atoms with van der Waals surface area (Å²) >= 11 is 0. The summed E-state index contributed by atoms with van der Waals surface area (Å²) in [6, 6.07) is 6.29. The Morgan fingerprint density at radius 2 is 2.00 bits per heavy atom. The second-order valence-corrected chi connectivity index (χ2v) is 5.69. The molecule has 0 saturated carbocycles. The first kappa shape index (κ1) is 15.0. The van der Waals surface area contributed by atoms with Crippen LogP contribution in [0, 0.1) is 0 Å². The normalized spacial score (nSPS) is 13.4. The molecule has 1 aromatic carbocycles. The number of hydrogen-bond acceptors (Lipinski definition) is 2. The molecule has 0 radical (unpaired) electrons. The summed E-state index contributed by atoms with van der Waals surface area (Å²) in [6.45, 7) is 9.44. The fourth-order valence-corrected chi connectivity index (χ4v) is 1.78. The maximum absolute atomic E-state index is 9.53. The summed E-state index contributed by atoms with van der Waals surface area (Å²) in [5.74, 6) is 0.868. The van der Waals surface area contributed by atoms with Gasteiger partial charge in [0.25, 0.3) is 0 Å². The van der Waals surface area contributed by atoms with Crippen LogP contribution in [0.25, 0.3) is 0 Å². The first-order valence-electron chi connectivity index (χ1n) is 6.62. The lowest BCUT2D eigenvalue weighted by Gasteiger charge is -2.24. The van der Waals surface area contributed by atoms with Crippen molar-refractivity contribution in [1.82, 2.24) is 0 Å². The maximum atomic E-state index is 9.53. The summed E-state index contributed by atoms with van der Waals surface area (Å²) in [4.78, 5) is 0. The van der Waals surface area contributed by atoms with Gasteiger partial charge in [-0.05, 0) is 29.0 Å². The van der Waals surface area contributed by atoms with Crippen LogP contribution in [0.5, 0.6) is 5.75 Å². The van der Waals surface area contributed by atoms with Crippen molar-refractivity contribution < 1.29 is 15.6 Å². The minimum atomic E-state index is -0.497. The molecule has 3 heteroatoms. The van der Waals surface area contributed by atoms with Crippen molar-refractivity contribution in [1.29, 1.82) is 0 Å². The molecule has 0 heterocycles. The largest absolute Gasteiger partial charge is 0.490 e. The van der Waals surface area contributed by atoms with E-state index in [1.807, 2.05) is 6.07 Å². The van der Waals surface area contributed by atoms with E-state index < -0.39 is 6.10 Å². The highest BCUT2D eigenvalue weighted by molar-refractivity contribution is 5.41. The monoisotopic (exact) mass is 252 g/mol. The Kier molecular flexibility index (Phi) is 5.17. The van der Waals surface area contributed by atoms with E-state index in [4.69, 9.17) is 4.74 Å². The minimum Gasteiger partial charge on any atom is -0.490 e. The van der Waals surface area contributed by atoms with Gasteiger partial charge in [0.2, 0.25) is 0 Å². The van der Waals surface area contributed by atoms with Crippen LogP contribution in [0.1, 0.15) is 38.8 Å². The zero-order valence-electron chi connectivity index (χ0n) is 12.0. The van der Waals surface area contributed by atoms with Crippen LogP contribution in [0.4, 0.5) is 0 Å². The molecule has 0 saturated heterocycles. The molecule has 0 fully saturated rings. The van der Waals surface area contributed by atoms with Crippen LogP contribution in [0.15, 0.2) is 18.2 Å². The number of rotatable bonds is 5. The molecule has 4 N–H and O–H groups in total. The number of quaternary nitrogens is 1. The highest BCUT2D eigenvalue weighted by Gasteiger charge is 2.20. The van der Waals surface area contributed by atoms with Crippen molar-refractivity contribution in [3.8, 4) is 5.75 Å². The van der Waals surface area contributed by atoms with E-state index in [2.05, 4.69) is 45.6 Å². The summed E-state index contributed by atoms with van der Waals surface area (Å²) in [5.41, 5.74) is 6.21. The number of aliphatic hydroxyl groups is 1. The van der Waals surface area contributed by atoms with Gasteiger partial charge in [0.05, 0.1) is 0 Å². The number of aryl methyl sites for hydroxylation is 1. The second-order valence-electron chi connectivity index (χ2n) is 5.69. The van der Waals surface area contributed by atoms with Gasteiger partial charge in [-0.2, -0.15) is 0 Å². The summed E-state index contributed by atoms with van der Waals surface area (Å²) in [7, 11) is 0. The third-order valence-electron chi connectivity index (χ3n) is 3.02. The zero-order valence-corrected chi connectivity index (χ0v) is 12.0. The van der Waals surface area contributed by atoms with Crippen molar-refractivity contribution in [2.45, 2.75) is 45.6 Å². The molecule has 18 heavy (non-hydrogen) atoms. The van der Waals surface area contributed by atoms with Gasteiger partial charge in [0.1, 0.15) is 25.0 Å². The smallest absolute Gasteiger partial charge is 0.136 e. The van der Waals surface area contributed by atoms with E-state index in [1.54, 1.807) is 0 Å². The third kappa shape index (κ3) is 4.00. The molecular weight excluding hydrogens is 226 g/mol. The first-order chi connectivity index (χ1) is 8.38. The molecule has 3 nitrogen and oxygen atoms in total. The highest BCUT2D eigenvalue weighted by atomic mass is 16.5. The summed E-state index contributed by atoms with van der Waals surface area (Å²) < 4.78 is 5.73. The molecule has 102 valence electrons. The Bertz CT molecular complexity index is 383. The maximum Gasteiger partial charge on any atom is 0.136 e. The van der Waals surface area contributed by atoms with Crippen LogP contribution in [-0.4, -0.2) is 24.4 Å². The predicted molar refractivity (Wildman–Crippen MR) is 73.8 cm³/mol. The van der Waals surface area contributed by atoms with Gasteiger partial charge in [-0.1, -0.05) is 39.8 Å². The molecule has 0 unspecified atom stereocenters. The number of aliphatic hydroxyl groups excluding tert-OH is 1. The van der Waals surface area contributed by atoms with Gasteiger partial charge < -0.3 is 15.6 Å². The van der Waals surface area contributed by atoms with E-state index in [9.17, 15) is 5.11 Å². The Balaban J connectivity index is 2.96. The van der Waals surface area contributed by atoms with Crippen LogP contribution >= 0.6 is 0 Å². The van der Waals surface area contributed by atoms with Gasteiger partial charge in [0.15, 0.2) is 0 Å².